The fourth-order valence-electron chi connectivity index (χ4n) is 2.91. The van der Waals surface area contributed by atoms with Gasteiger partial charge >= 0.3 is 0 Å². The van der Waals surface area contributed by atoms with Gasteiger partial charge in [0.2, 0.25) is 5.91 Å². The maximum absolute atomic E-state index is 12.2. The Labute approximate surface area is 129 Å². The standard InChI is InChI=1S/C16H20N4O2/c21-15-3-1-13(2-4-15)9-14-5-7-19(10-14)16(22)6-8-20-12-17-11-18-20/h1-4,11-12,14,21H,5-10H2. The third kappa shape index (κ3) is 3.63. The molecule has 1 aliphatic heterocycles. The molecule has 6 nitrogen and oxygen atoms in total. The van der Waals surface area contributed by atoms with Gasteiger partial charge in [0.15, 0.2) is 0 Å². The molecule has 22 heavy (non-hydrogen) atoms. The highest BCUT2D eigenvalue weighted by molar-refractivity contribution is 5.76. The Kier molecular flexibility index (Phi) is 4.37. The average molecular weight is 300 g/mol. The van der Waals surface area contributed by atoms with Crippen LogP contribution >= 0.6 is 0 Å². The van der Waals surface area contributed by atoms with Crippen molar-refractivity contribution in [2.45, 2.75) is 25.8 Å². The number of nitrogens with zero attached hydrogens (tertiary/aromatic N) is 4. The van der Waals surface area contributed by atoms with E-state index in [1.165, 1.54) is 11.9 Å². The normalized spacial score (nSPS) is 17.8. The second kappa shape index (κ2) is 6.60. The zero-order chi connectivity index (χ0) is 15.4. The zero-order valence-electron chi connectivity index (χ0n) is 12.4. The van der Waals surface area contributed by atoms with E-state index >= 15 is 0 Å². The van der Waals surface area contributed by atoms with Gasteiger partial charge in [-0.3, -0.25) is 9.48 Å². The first-order chi connectivity index (χ1) is 10.7. The molecule has 1 saturated heterocycles. The molecule has 6 heteroatoms. The van der Waals surface area contributed by atoms with Crippen LogP contribution in [0.5, 0.6) is 5.75 Å². The second-order valence-corrected chi connectivity index (χ2v) is 5.77. The van der Waals surface area contributed by atoms with Crippen LogP contribution in [-0.4, -0.2) is 43.8 Å². The predicted molar refractivity (Wildman–Crippen MR) is 81.1 cm³/mol. The third-order valence-corrected chi connectivity index (χ3v) is 4.12. The number of phenolic OH excluding ortho intramolecular Hbond substituents is 1. The molecule has 1 N–H and O–H groups in total. The highest BCUT2D eigenvalue weighted by atomic mass is 16.3. The molecule has 2 aromatic rings. The number of carbonyl (C=O) groups is 1. The van der Waals surface area contributed by atoms with Crippen molar-refractivity contribution in [3.05, 3.63) is 42.5 Å². The molecule has 1 aromatic heterocycles. The van der Waals surface area contributed by atoms with Crippen LogP contribution in [0, 0.1) is 5.92 Å². The van der Waals surface area contributed by atoms with Gasteiger partial charge in [0.1, 0.15) is 18.4 Å². The maximum Gasteiger partial charge on any atom is 0.224 e. The number of aromatic nitrogens is 3. The lowest BCUT2D eigenvalue weighted by molar-refractivity contribution is -0.130. The highest BCUT2D eigenvalue weighted by Crippen LogP contribution is 2.22. The van der Waals surface area contributed by atoms with Crippen molar-refractivity contribution in [3.8, 4) is 5.75 Å². The van der Waals surface area contributed by atoms with Crippen molar-refractivity contribution in [2.75, 3.05) is 13.1 Å². The van der Waals surface area contributed by atoms with E-state index in [-0.39, 0.29) is 5.91 Å². The average Bonchev–Trinajstić information content (AvgIpc) is 3.19. The topological polar surface area (TPSA) is 71.2 Å². The van der Waals surface area contributed by atoms with Gasteiger partial charge in [0, 0.05) is 19.5 Å². The van der Waals surface area contributed by atoms with Crippen LogP contribution in [0.2, 0.25) is 0 Å². The second-order valence-electron chi connectivity index (χ2n) is 5.77. The molecule has 3 rings (SSSR count). The Hall–Kier alpha value is -2.37. The third-order valence-electron chi connectivity index (χ3n) is 4.12. The minimum Gasteiger partial charge on any atom is -0.508 e. The number of amides is 1. The molecule has 0 aliphatic carbocycles. The fourth-order valence-corrected chi connectivity index (χ4v) is 2.91. The van der Waals surface area contributed by atoms with Gasteiger partial charge in [-0.1, -0.05) is 12.1 Å². The summed E-state index contributed by atoms with van der Waals surface area (Å²) < 4.78 is 1.68. The maximum atomic E-state index is 12.2. The molecule has 1 unspecified atom stereocenters. The first-order valence-corrected chi connectivity index (χ1v) is 7.59. The number of carbonyl (C=O) groups excluding carboxylic acids is 1. The monoisotopic (exact) mass is 300 g/mol. The molecule has 0 spiro atoms. The van der Waals surface area contributed by atoms with E-state index in [1.54, 1.807) is 23.1 Å². The molecule has 0 radical (unpaired) electrons. The van der Waals surface area contributed by atoms with E-state index in [1.807, 2.05) is 17.0 Å². The number of rotatable bonds is 5. The van der Waals surface area contributed by atoms with Crippen LogP contribution in [0.25, 0.3) is 0 Å². The summed E-state index contributed by atoms with van der Waals surface area (Å²) in [5.74, 6) is 0.976. The van der Waals surface area contributed by atoms with Gasteiger partial charge in [0.25, 0.3) is 0 Å². The number of benzene rings is 1. The number of hydrogen-bond donors (Lipinski definition) is 1. The van der Waals surface area contributed by atoms with Gasteiger partial charge in [-0.2, -0.15) is 5.10 Å². The van der Waals surface area contributed by atoms with E-state index in [4.69, 9.17) is 0 Å². The predicted octanol–water partition coefficient (Wildman–Crippen LogP) is 1.47. The Bertz CT molecular complexity index is 610. The lowest BCUT2D eigenvalue weighted by atomic mass is 9.99. The molecule has 116 valence electrons. The van der Waals surface area contributed by atoms with E-state index in [0.29, 0.717) is 24.6 Å². The molecule has 0 saturated carbocycles. The first kappa shape index (κ1) is 14.6. The quantitative estimate of drug-likeness (QED) is 0.907. The Morgan fingerprint density at radius 2 is 2.14 bits per heavy atom. The minimum absolute atomic E-state index is 0.184. The summed E-state index contributed by atoms with van der Waals surface area (Å²) in [7, 11) is 0. The summed E-state index contributed by atoms with van der Waals surface area (Å²) in [6, 6.07) is 7.33. The number of aromatic hydroxyl groups is 1. The van der Waals surface area contributed by atoms with Gasteiger partial charge in [-0.15, -0.1) is 0 Å². The lowest BCUT2D eigenvalue weighted by Gasteiger charge is -2.16. The Morgan fingerprint density at radius 3 is 2.86 bits per heavy atom. The molecule has 2 heterocycles. The van der Waals surface area contributed by atoms with E-state index in [2.05, 4.69) is 10.1 Å². The Morgan fingerprint density at radius 1 is 1.32 bits per heavy atom. The molecule has 1 fully saturated rings. The van der Waals surface area contributed by atoms with Crippen molar-refractivity contribution < 1.29 is 9.90 Å². The SMILES string of the molecule is O=C(CCn1cncn1)N1CCC(Cc2ccc(O)cc2)C1. The number of phenols is 1. The molecular formula is C16H20N4O2. The first-order valence-electron chi connectivity index (χ1n) is 7.59. The number of likely N-dealkylation sites (tertiary alicyclic amines) is 1. The van der Waals surface area contributed by atoms with Gasteiger partial charge in [-0.05, 0) is 36.5 Å². The number of hydrogen-bond acceptors (Lipinski definition) is 4. The molecule has 1 amide bonds. The van der Waals surface area contributed by atoms with Crippen molar-refractivity contribution in [2.24, 2.45) is 5.92 Å². The summed E-state index contributed by atoms with van der Waals surface area (Å²) in [5, 5.41) is 13.3. The van der Waals surface area contributed by atoms with Crippen molar-refractivity contribution in [1.82, 2.24) is 19.7 Å². The number of aryl methyl sites for hydroxylation is 1. The van der Waals surface area contributed by atoms with Crippen LogP contribution in [-0.2, 0) is 17.8 Å². The largest absolute Gasteiger partial charge is 0.508 e. The molecule has 1 aromatic carbocycles. The molecule has 1 atom stereocenters. The molecule has 1 aliphatic rings. The van der Waals surface area contributed by atoms with E-state index in [9.17, 15) is 9.90 Å². The Balaban J connectivity index is 1.47. The van der Waals surface area contributed by atoms with Crippen LogP contribution in [0.4, 0.5) is 0 Å². The minimum atomic E-state index is 0.184. The molecular weight excluding hydrogens is 280 g/mol. The fraction of sp³-hybridized carbons (Fsp3) is 0.438. The molecule has 0 bridgehead atoms. The van der Waals surface area contributed by atoms with E-state index in [0.717, 1.165) is 25.9 Å². The van der Waals surface area contributed by atoms with Crippen LogP contribution in [0.3, 0.4) is 0 Å². The highest BCUT2D eigenvalue weighted by Gasteiger charge is 2.26. The summed E-state index contributed by atoms with van der Waals surface area (Å²) >= 11 is 0. The van der Waals surface area contributed by atoms with Crippen LogP contribution in [0.15, 0.2) is 36.9 Å². The van der Waals surface area contributed by atoms with Gasteiger partial charge in [0.05, 0.1) is 6.54 Å². The summed E-state index contributed by atoms with van der Waals surface area (Å²) in [6.45, 7) is 2.23. The summed E-state index contributed by atoms with van der Waals surface area (Å²) in [4.78, 5) is 18.0. The van der Waals surface area contributed by atoms with Crippen molar-refractivity contribution >= 4 is 5.91 Å². The van der Waals surface area contributed by atoms with Gasteiger partial charge < -0.3 is 10.0 Å². The zero-order valence-corrected chi connectivity index (χ0v) is 12.4. The van der Waals surface area contributed by atoms with E-state index < -0.39 is 0 Å². The summed E-state index contributed by atoms with van der Waals surface area (Å²) in [5.41, 5.74) is 1.21. The smallest absolute Gasteiger partial charge is 0.224 e. The summed E-state index contributed by atoms with van der Waals surface area (Å²) in [6.07, 6.45) is 5.57. The lowest BCUT2D eigenvalue weighted by Crippen LogP contribution is -2.29. The van der Waals surface area contributed by atoms with Crippen molar-refractivity contribution in [3.63, 3.8) is 0 Å². The van der Waals surface area contributed by atoms with Crippen molar-refractivity contribution in [1.29, 1.82) is 0 Å². The van der Waals surface area contributed by atoms with Gasteiger partial charge in [-0.25, -0.2) is 4.98 Å². The van der Waals surface area contributed by atoms with Crippen LogP contribution in [0.1, 0.15) is 18.4 Å². The van der Waals surface area contributed by atoms with Crippen LogP contribution < -0.4 is 0 Å².